The molecule has 1 atom stereocenters. The fraction of sp³-hybridized carbons (Fsp3) is 0.409. The van der Waals surface area contributed by atoms with E-state index in [0.29, 0.717) is 40.5 Å². The second-order valence-corrected chi connectivity index (χ2v) is 8.09. The van der Waals surface area contributed by atoms with Crippen molar-refractivity contribution in [1.82, 2.24) is 19.8 Å². The van der Waals surface area contributed by atoms with Crippen LogP contribution in [0, 0.1) is 5.82 Å². The Morgan fingerprint density at radius 1 is 1.33 bits per heavy atom. The minimum atomic E-state index is -0.403. The van der Waals surface area contributed by atoms with Gasteiger partial charge < -0.3 is 20.1 Å². The Balaban J connectivity index is 1.63. The van der Waals surface area contributed by atoms with Gasteiger partial charge in [0.25, 0.3) is 5.56 Å². The van der Waals surface area contributed by atoms with Gasteiger partial charge in [-0.3, -0.25) is 9.59 Å². The molecule has 2 aromatic heterocycles. The normalized spacial score (nSPS) is 17.1. The van der Waals surface area contributed by atoms with Crippen molar-refractivity contribution in [1.29, 1.82) is 0 Å². The molecule has 0 radical (unpaired) electrons. The molecule has 1 aliphatic heterocycles. The lowest BCUT2D eigenvalue weighted by molar-refractivity contribution is -0.132. The van der Waals surface area contributed by atoms with Crippen molar-refractivity contribution >= 4 is 33.4 Å². The Morgan fingerprint density at radius 3 is 2.97 bits per heavy atom. The molecule has 2 N–H and O–H groups in total. The maximum absolute atomic E-state index is 14.0. The van der Waals surface area contributed by atoms with Gasteiger partial charge in [-0.1, -0.05) is 0 Å². The highest BCUT2D eigenvalue weighted by Crippen LogP contribution is 2.29. The standard InChI is InChI=1S/C22H26FN5O2/c1-27(2)11-8-19(29)28-10-3-4-15(13-28)25-21-16-6-5-14(23)12-17(16)20-18(26-21)7-9-24-22(20)30/h5-7,9,12,15H,3-4,8,10-11,13H2,1-2H3,(H,24,30)(H,25,26). The smallest absolute Gasteiger partial charge is 0.258 e. The molecule has 3 heterocycles. The number of nitrogens with one attached hydrogen (secondary N) is 2. The van der Waals surface area contributed by atoms with Gasteiger partial charge in [-0.25, -0.2) is 9.37 Å². The van der Waals surface area contributed by atoms with Crippen molar-refractivity contribution in [3.05, 3.63) is 46.6 Å². The maximum atomic E-state index is 14.0. The quantitative estimate of drug-likeness (QED) is 0.631. The van der Waals surface area contributed by atoms with Gasteiger partial charge in [0.1, 0.15) is 11.6 Å². The lowest BCUT2D eigenvalue weighted by Gasteiger charge is -2.34. The molecule has 158 valence electrons. The molecule has 0 bridgehead atoms. The summed E-state index contributed by atoms with van der Waals surface area (Å²) in [5.74, 6) is 0.357. The molecule has 1 aromatic carbocycles. The van der Waals surface area contributed by atoms with Crippen LogP contribution in [0.15, 0.2) is 35.3 Å². The number of H-pyrrole nitrogens is 1. The first kappa shape index (κ1) is 20.3. The van der Waals surface area contributed by atoms with Crippen molar-refractivity contribution in [3.63, 3.8) is 0 Å². The number of carbonyl (C=O) groups excluding carboxylic acids is 1. The van der Waals surface area contributed by atoms with Crippen molar-refractivity contribution in [2.45, 2.75) is 25.3 Å². The van der Waals surface area contributed by atoms with E-state index >= 15 is 0 Å². The first-order valence-corrected chi connectivity index (χ1v) is 10.2. The molecule has 30 heavy (non-hydrogen) atoms. The van der Waals surface area contributed by atoms with Gasteiger partial charge in [0.15, 0.2) is 0 Å². The van der Waals surface area contributed by atoms with Crippen LogP contribution in [0.3, 0.4) is 0 Å². The number of amides is 1. The molecule has 0 spiro atoms. The highest BCUT2D eigenvalue weighted by molar-refractivity contribution is 6.09. The van der Waals surface area contributed by atoms with Gasteiger partial charge in [-0.15, -0.1) is 0 Å². The molecule has 0 saturated carbocycles. The van der Waals surface area contributed by atoms with Crippen LogP contribution < -0.4 is 10.9 Å². The lowest BCUT2D eigenvalue weighted by Crippen LogP contribution is -2.45. The van der Waals surface area contributed by atoms with Gasteiger partial charge in [-0.05, 0) is 51.2 Å². The number of anilines is 1. The summed E-state index contributed by atoms with van der Waals surface area (Å²) in [5.41, 5.74) is 0.214. The molecule has 1 saturated heterocycles. The van der Waals surface area contributed by atoms with E-state index in [-0.39, 0.29) is 17.5 Å². The van der Waals surface area contributed by atoms with Crippen molar-refractivity contribution in [2.24, 2.45) is 0 Å². The highest BCUT2D eigenvalue weighted by atomic mass is 19.1. The number of carbonyl (C=O) groups is 1. The molecular weight excluding hydrogens is 385 g/mol. The monoisotopic (exact) mass is 411 g/mol. The Kier molecular flexibility index (Phi) is 5.67. The van der Waals surface area contributed by atoms with Crippen LogP contribution in [-0.2, 0) is 4.79 Å². The van der Waals surface area contributed by atoms with Crippen LogP contribution in [-0.4, -0.2) is 65.4 Å². The first-order valence-electron chi connectivity index (χ1n) is 10.2. The number of likely N-dealkylation sites (tertiary alicyclic amines) is 1. The van der Waals surface area contributed by atoms with E-state index in [2.05, 4.69) is 15.3 Å². The van der Waals surface area contributed by atoms with E-state index in [1.165, 1.54) is 12.1 Å². The fourth-order valence-corrected chi connectivity index (χ4v) is 4.03. The number of halogens is 1. The number of rotatable bonds is 5. The third kappa shape index (κ3) is 4.14. The number of hydrogen-bond acceptors (Lipinski definition) is 5. The fourth-order valence-electron chi connectivity index (χ4n) is 4.03. The summed E-state index contributed by atoms with van der Waals surface area (Å²) >= 11 is 0. The average Bonchev–Trinajstić information content (AvgIpc) is 2.72. The van der Waals surface area contributed by atoms with E-state index in [0.717, 1.165) is 25.9 Å². The molecule has 7 nitrogen and oxygen atoms in total. The van der Waals surface area contributed by atoms with E-state index in [9.17, 15) is 14.0 Å². The molecule has 1 fully saturated rings. The van der Waals surface area contributed by atoms with Crippen molar-refractivity contribution < 1.29 is 9.18 Å². The Labute approximate surface area is 173 Å². The summed E-state index contributed by atoms with van der Waals surface area (Å²) in [6, 6.07) is 6.15. The Bertz CT molecular complexity index is 1140. The summed E-state index contributed by atoms with van der Waals surface area (Å²) in [6.07, 6.45) is 3.86. The SMILES string of the molecule is CN(C)CCC(=O)N1CCCC(Nc2nc3cc[nH]c(=O)c3c3cc(F)ccc23)C1. The zero-order valence-corrected chi connectivity index (χ0v) is 17.2. The van der Waals surface area contributed by atoms with E-state index < -0.39 is 5.82 Å². The van der Waals surface area contributed by atoms with Crippen molar-refractivity contribution in [3.8, 4) is 0 Å². The summed E-state index contributed by atoms with van der Waals surface area (Å²) in [5, 5.41) is 5.05. The minimum Gasteiger partial charge on any atom is -0.365 e. The van der Waals surface area contributed by atoms with Gasteiger partial charge in [0, 0.05) is 49.1 Å². The second kappa shape index (κ2) is 8.39. The van der Waals surface area contributed by atoms with Crippen LogP contribution >= 0.6 is 0 Å². The lowest BCUT2D eigenvalue weighted by atomic mass is 10.0. The number of aromatic nitrogens is 2. The van der Waals surface area contributed by atoms with Crippen LogP contribution in [0.4, 0.5) is 10.2 Å². The van der Waals surface area contributed by atoms with Gasteiger partial charge >= 0.3 is 0 Å². The molecule has 1 unspecified atom stereocenters. The largest absolute Gasteiger partial charge is 0.365 e. The topological polar surface area (TPSA) is 81.3 Å². The van der Waals surface area contributed by atoms with Crippen LogP contribution in [0.5, 0.6) is 0 Å². The zero-order valence-electron chi connectivity index (χ0n) is 17.2. The number of aromatic amines is 1. The van der Waals surface area contributed by atoms with E-state index in [4.69, 9.17) is 0 Å². The van der Waals surface area contributed by atoms with Crippen molar-refractivity contribution in [2.75, 3.05) is 39.0 Å². The molecule has 1 aliphatic rings. The average molecular weight is 411 g/mol. The second-order valence-electron chi connectivity index (χ2n) is 8.09. The minimum absolute atomic E-state index is 0.0438. The molecule has 3 aromatic rings. The van der Waals surface area contributed by atoms with E-state index in [1.54, 1.807) is 18.3 Å². The van der Waals surface area contributed by atoms with Crippen LogP contribution in [0.25, 0.3) is 21.7 Å². The molecule has 4 rings (SSSR count). The Morgan fingerprint density at radius 2 is 2.17 bits per heavy atom. The van der Waals surface area contributed by atoms with Crippen LogP contribution in [0.2, 0.25) is 0 Å². The van der Waals surface area contributed by atoms with E-state index in [1.807, 2.05) is 23.9 Å². The Hall–Kier alpha value is -3.00. The number of nitrogens with zero attached hydrogens (tertiary/aromatic N) is 3. The predicted molar refractivity (Wildman–Crippen MR) is 116 cm³/mol. The molecule has 0 aliphatic carbocycles. The molecular formula is C22H26FN5O2. The molecule has 8 heteroatoms. The van der Waals surface area contributed by atoms with Gasteiger partial charge in [0.2, 0.25) is 5.91 Å². The summed E-state index contributed by atoms with van der Waals surface area (Å²) in [7, 11) is 3.91. The third-order valence-electron chi connectivity index (χ3n) is 5.56. The zero-order chi connectivity index (χ0) is 21.3. The summed E-state index contributed by atoms with van der Waals surface area (Å²) < 4.78 is 14.0. The number of benzene rings is 1. The third-order valence-corrected chi connectivity index (χ3v) is 5.56. The summed E-state index contributed by atoms with van der Waals surface area (Å²) in [6.45, 7) is 2.09. The molecule has 1 amide bonds. The predicted octanol–water partition coefficient (Wildman–Crippen LogP) is 2.57. The first-order chi connectivity index (χ1) is 14.4. The highest BCUT2D eigenvalue weighted by Gasteiger charge is 2.24. The number of fused-ring (bicyclic) bond motifs is 3. The summed E-state index contributed by atoms with van der Waals surface area (Å²) in [4.78, 5) is 36.1. The number of pyridine rings is 2. The van der Waals surface area contributed by atoms with Gasteiger partial charge in [0.05, 0.1) is 10.9 Å². The number of hydrogen-bond donors (Lipinski definition) is 2. The van der Waals surface area contributed by atoms with Crippen LogP contribution in [0.1, 0.15) is 19.3 Å². The number of piperidine rings is 1. The van der Waals surface area contributed by atoms with Gasteiger partial charge in [-0.2, -0.15) is 0 Å². The maximum Gasteiger partial charge on any atom is 0.258 e.